The number of hydrogen-bond donors (Lipinski definition) is 1. The maximum absolute atomic E-state index is 13.2. The van der Waals surface area contributed by atoms with Gasteiger partial charge in [0, 0.05) is 11.3 Å². The lowest BCUT2D eigenvalue weighted by Gasteiger charge is -2.07. The summed E-state index contributed by atoms with van der Waals surface area (Å²) in [6.45, 7) is 0. The maximum atomic E-state index is 13.2. The van der Waals surface area contributed by atoms with Gasteiger partial charge in [-0.25, -0.2) is 8.78 Å². The van der Waals surface area contributed by atoms with Crippen molar-refractivity contribution in [2.45, 2.75) is 0 Å². The second-order valence-electron chi connectivity index (χ2n) is 3.54. The van der Waals surface area contributed by atoms with Crippen LogP contribution in [0.15, 0.2) is 36.4 Å². The average molecular weight is 230 g/mol. The Labute approximate surface area is 96.9 Å². The number of rotatable bonds is 1. The van der Waals surface area contributed by atoms with Gasteiger partial charge in [-0.1, -0.05) is 12.1 Å². The van der Waals surface area contributed by atoms with Crippen LogP contribution in [0.5, 0.6) is 0 Å². The molecule has 0 unspecified atom stereocenters. The summed E-state index contributed by atoms with van der Waals surface area (Å²) in [6, 6.07) is 9.81. The van der Waals surface area contributed by atoms with Crippen LogP contribution in [0.1, 0.15) is 5.56 Å². The summed E-state index contributed by atoms with van der Waals surface area (Å²) in [5.74, 6) is -1.02. The van der Waals surface area contributed by atoms with E-state index in [-0.39, 0.29) is 17.1 Å². The normalized spacial score (nSPS) is 9.94. The molecule has 2 aromatic carbocycles. The van der Waals surface area contributed by atoms with E-state index in [1.54, 1.807) is 6.07 Å². The number of nitrogens with zero attached hydrogens (tertiary/aromatic N) is 1. The maximum Gasteiger partial charge on any atom is 0.143 e. The van der Waals surface area contributed by atoms with Gasteiger partial charge in [0.15, 0.2) is 0 Å². The Morgan fingerprint density at radius 2 is 1.71 bits per heavy atom. The van der Waals surface area contributed by atoms with Gasteiger partial charge in [0.05, 0.1) is 5.56 Å². The van der Waals surface area contributed by atoms with E-state index < -0.39 is 5.82 Å². The largest absolute Gasteiger partial charge is 0.398 e. The Balaban J connectivity index is 2.60. The molecular weight excluding hydrogens is 222 g/mol. The topological polar surface area (TPSA) is 49.8 Å². The molecule has 2 N–H and O–H groups in total. The Kier molecular flexibility index (Phi) is 2.75. The van der Waals surface area contributed by atoms with Crippen LogP contribution in [0.2, 0.25) is 0 Å². The van der Waals surface area contributed by atoms with E-state index in [2.05, 4.69) is 0 Å². The van der Waals surface area contributed by atoms with Crippen LogP contribution in [0, 0.1) is 23.0 Å². The first kappa shape index (κ1) is 11.1. The number of nitrogen functional groups attached to an aromatic ring is 1. The minimum atomic E-state index is -0.657. The average Bonchev–Trinajstić information content (AvgIpc) is 2.31. The minimum Gasteiger partial charge on any atom is -0.398 e. The van der Waals surface area contributed by atoms with Crippen LogP contribution in [-0.4, -0.2) is 0 Å². The van der Waals surface area contributed by atoms with Gasteiger partial charge in [-0.3, -0.25) is 0 Å². The Bertz CT molecular complexity index is 598. The van der Waals surface area contributed by atoms with E-state index in [1.165, 1.54) is 30.3 Å². The van der Waals surface area contributed by atoms with Crippen molar-refractivity contribution in [2.24, 2.45) is 0 Å². The number of benzene rings is 2. The molecule has 0 amide bonds. The van der Waals surface area contributed by atoms with Crippen molar-refractivity contribution in [3.8, 4) is 17.2 Å². The van der Waals surface area contributed by atoms with Crippen molar-refractivity contribution < 1.29 is 8.78 Å². The standard InChI is InChI=1S/C13H8F2N2/c14-10-3-1-8(2-4-10)11-5-9(7-16)12(15)6-13(11)17/h1-6H,17H2. The molecule has 0 fully saturated rings. The Morgan fingerprint density at radius 1 is 1.06 bits per heavy atom. The summed E-state index contributed by atoms with van der Waals surface area (Å²) < 4.78 is 26.0. The van der Waals surface area contributed by atoms with E-state index >= 15 is 0 Å². The molecule has 2 rings (SSSR count). The number of halogens is 2. The van der Waals surface area contributed by atoms with Gasteiger partial charge in [-0.2, -0.15) is 5.26 Å². The molecule has 0 radical (unpaired) electrons. The SMILES string of the molecule is N#Cc1cc(-c2ccc(F)cc2)c(N)cc1F. The molecule has 0 atom stereocenters. The Hall–Kier alpha value is -2.41. The first-order valence-electron chi connectivity index (χ1n) is 4.87. The van der Waals surface area contributed by atoms with Gasteiger partial charge < -0.3 is 5.73 Å². The summed E-state index contributed by atoms with van der Waals surface area (Å²) >= 11 is 0. The molecule has 0 aliphatic rings. The molecule has 4 heteroatoms. The molecule has 2 aromatic rings. The second kappa shape index (κ2) is 4.22. The molecule has 0 aliphatic carbocycles. The third-order valence-corrected chi connectivity index (χ3v) is 2.41. The molecule has 0 saturated carbocycles. The van der Waals surface area contributed by atoms with Crippen molar-refractivity contribution in [3.05, 3.63) is 53.6 Å². The molecule has 0 heterocycles. The molecule has 0 bridgehead atoms. The van der Waals surface area contributed by atoms with Crippen LogP contribution >= 0.6 is 0 Å². The van der Waals surface area contributed by atoms with Crippen molar-refractivity contribution in [2.75, 3.05) is 5.73 Å². The number of nitriles is 1. The fourth-order valence-corrected chi connectivity index (χ4v) is 1.55. The zero-order valence-corrected chi connectivity index (χ0v) is 8.74. The van der Waals surface area contributed by atoms with Crippen LogP contribution in [0.25, 0.3) is 11.1 Å². The molecule has 0 aliphatic heterocycles. The first-order chi connectivity index (χ1) is 8.11. The fraction of sp³-hybridized carbons (Fsp3) is 0. The second-order valence-corrected chi connectivity index (χ2v) is 3.54. The highest BCUT2D eigenvalue weighted by Gasteiger charge is 2.09. The van der Waals surface area contributed by atoms with Crippen LogP contribution in [-0.2, 0) is 0 Å². The van der Waals surface area contributed by atoms with Gasteiger partial charge in [-0.15, -0.1) is 0 Å². The number of hydrogen-bond acceptors (Lipinski definition) is 2. The fourth-order valence-electron chi connectivity index (χ4n) is 1.55. The zero-order chi connectivity index (χ0) is 12.4. The highest BCUT2D eigenvalue weighted by Crippen LogP contribution is 2.28. The van der Waals surface area contributed by atoms with E-state index in [0.29, 0.717) is 11.1 Å². The highest BCUT2D eigenvalue weighted by molar-refractivity contribution is 5.77. The molecule has 2 nitrogen and oxygen atoms in total. The zero-order valence-electron chi connectivity index (χ0n) is 8.74. The van der Waals surface area contributed by atoms with Gasteiger partial charge in [0.1, 0.15) is 17.7 Å². The van der Waals surface area contributed by atoms with Crippen molar-refractivity contribution >= 4 is 5.69 Å². The van der Waals surface area contributed by atoms with Gasteiger partial charge in [0.25, 0.3) is 0 Å². The van der Waals surface area contributed by atoms with Gasteiger partial charge in [0.2, 0.25) is 0 Å². The lowest BCUT2D eigenvalue weighted by atomic mass is 10.0. The van der Waals surface area contributed by atoms with Crippen LogP contribution in [0.3, 0.4) is 0 Å². The van der Waals surface area contributed by atoms with E-state index in [1.807, 2.05) is 0 Å². The molecule has 17 heavy (non-hydrogen) atoms. The smallest absolute Gasteiger partial charge is 0.143 e. The number of anilines is 1. The van der Waals surface area contributed by atoms with Crippen molar-refractivity contribution in [1.82, 2.24) is 0 Å². The van der Waals surface area contributed by atoms with E-state index in [0.717, 1.165) is 6.07 Å². The van der Waals surface area contributed by atoms with Gasteiger partial charge in [-0.05, 0) is 29.8 Å². The molecule has 84 valence electrons. The lowest BCUT2D eigenvalue weighted by Crippen LogP contribution is -1.94. The van der Waals surface area contributed by atoms with Crippen molar-refractivity contribution in [1.29, 1.82) is 5.26 Å². The van der Waals surface area contributed by atoms with E-state index in [9.17, 15) is 8.78 Å². The molecule has 0 aromatic heterocycles. The summed E-state index contributed by atoms with van der Waals surface area (Å²) in [5.41, 5.74) is 6.96. The first-order valence-corrected chi connectivity index (χ1v) is 4.87. The third-order valence-electron chi connectivity index (χ3n) is 2.41. The highest BCUT2D eigenvalue weighted by atomic mass is 19.1. The summed E-state index contributed by atoms with van der Waals surface area (Å²) in [4.78, 5) is 0. The third kappa shape index (κ3) is 2.08. The summed E-state index contributed by atoms with van der Waals surface area (Å²) in [5, 5.41) is 8.73. The lowest BCUT2D eigenvalue weighted by molar-refractivity contribution is 0.624. The van der Waals surface area contributed by atoms with E-state index in [4.69, 9.17) is 11.0 Å². The monoisotopic (exact) mass is 230 g/mol. The molecule has 0 saturated heterocycles. The predicted octanol–water partition coefficient (Wildman–Crippen LogP) is 3.09. The minimum absolute atomic E-state index is 0.0847. The predicted molar refractivity (Wildman–Crippen MR) is 60.9 cm³/mol. The summed E-state index contributed by atoms with van der Waals surface area (Å²) in [7, 11) is 0. The Morgan fingerprint density at radius 3 is 2.29 bits per heavy atom. The molecular formula is C13H8F2N2. The number of nitrogens with two attached hydrogens (primary N) is 1. The molecule has 0 spiro atoms. The summed E-state index contributed by atoms with van der Waals surface area (Å²) in [6.07, 6.45) is 0. The van der Waals surface area contributed by atoms with Crippen LogP contribution < -0.4 is 5.73 Å². The van der Waals surface area contributed by atoms with Crippen molar-refractivity contribution in [3.63, 3.8) is 0 Å². The van der Waals surface area contributed by atoms with Crippen LogP contribution in [0.4, 0.5) is 14.5 Å². The van der Waals surface area contributed by atoms with Gasteiger partial charge >= 0.3 is 0 Å². The quantitative estimate of drug-likeness (QED) is 0.765.